The van der Waals surface area contributed by atoms with Crippen LogP contribution in [0.15, 0.2) is 30.7 Å². The number of rotatable bonds is 6. The van der Waals surface area contributed by atoms with Gasteiger partial charge in [-0.3, -0.25) is 4.68 Å². The van der Waals surface area contributed by atoms with E-state index in [0.29, 0.717) is 12.0 Å². The van der Waals surface area contributed by atoms with E-state index in [0.717, 1.165) is 37.1 Å². The van der Waals surface area contributed by atoms with Crippen molar-refractivity contribution in [2.75, 3.05) is 0 Å². The summed E-state index contributed by atoms with van der Waals surface area (Å²) in [5.41, 5.74) is 2.10. The summed E-state index contributed by atoms with van der Waals surface area (Å²) in [6.45, 7) is 5.11. The van der Waals surface area contributed by atoms with Crippen molar-refractivity contribution in [3.8, 4) is 0 Å². The maximum atomic E-state index is 10.1. The van der Waals surface area contributed by atoms with E-state index in [9.17, 15) is 5.11 Å². The Balaban J connectivity index is 1.66. The molecule has 0 saturated heterocycles. The number of aliphatic hydroxyl groups excluding tert-OH is 1. The summed E-state index contributed by atoms with van der Waals surface area (Å²) >= 11 is 0. The summed E-state index contributed by atoms with van der Waals surface area (Å²) in [6, 6.07) is 4.54. The second-order valence-corrected chi connectivity index (χ2v) is 5.94. The average molecular weight is 273 g/mol. The van der Waals surface area contributed by atoms with Gasteiger partial charge in [-0.05, 0) is 49.8 Å². The summed E-state index contributed by atoms with van der Waals surface area (Å²) < 4.78 is 4.13. The first-order chi connectivity index (χ1) is 9.67. The number of aromatic nitrogens is 3. The largest absolute Gasteiger partial charge is 0.388 e. The highest BCUT2D eigenvalue weighted by atomic mass is 16.3. The van der Waals surface area contributed by atoms with E-state index in [4.69, 9.17) is 0 Å². The Morgan fingerprint density at radius 3 is 2.85 bits per heavy atom. The zero-order valence-electron chi connectivity index (χ0n) is 12.2. The zero-order valence-corrected chi connectivity index (χ0v) is 12.2. The first kappa shape index (κ1) is 13.4. The van der Waals surface area contributed by atoms with Crippen LogP contribution in [0.4, 0.5) is 0 Å². The summed E-state index contributed by atoms with van der Waals surface area (Å²) in [4.78, 5) is 0. The van der Waals surface area contributed by atoms with Gasteiger partial charge in [0.05, 0.1) is 18.3 Å². The van der Waals surface area contributed by atoms with Crippen LogP contribution in [0.25, 0.3) is 0 Å². The Morgan fingerprint density at radius 1 is 1.35 bits per heavy atom. The SMILES string of the molecule is CCC(C)n1ccc(Cn2ccc(C(O)C3CC3)c2)n1. The highest BCUT2D eigenvalue weighted by Crippen LogP contribution is 2.40. The standard InChI is InChI=1S/C16H23N3O/c1-3-12(2)19-9-7-15(17-19)11-18-8-6-14(10-18)16(20)13-4-5-13/h6-10,12-13,16,20H,3-5,11H2,1-2H3. The lowest BCUT2D eigenvalue weighted by molar-refractivity contribution is 0.154. The molecule has 2 atom stereocenters. The lowest BCUT2D eigenvalue weighted by atomic mass is 10.1. The second-order valence-electron chi connectivity index (χ2n) is 5.94. The fourth-order valence-electron chi connectivity index (χ4n) is 2.50. The number of nitrogens with zero attached hydrogens (tertiary/aromatic N) is 3. The van der Waals surface area contributed by atoms with Crippen molar-refractivity contribution in [2.24, 2.45) is 5.92 Å². The minimum atomic E-state index is -0.283. The third-order valence-corrected chi connectivity index (χ3v) is 4.23. The molecule has 20 heavy (non-hydrogen) atoms. The normalized spacial score (nSPS) is 18.1. The fourth-order valence-corrected chi connectivity index (χ4v) is 2.50. The highest BCUT2D eigenvalue weighted by molar-refractivity contribution is 5.17. The van der Waals surface area contributed by atoms with Crippen molar-refractivity contribution in [1.82, 2.24) is 14.3 Å². The van der Waals surface area contributed by atoms with Crippen LogP contribution in [0.1, 0.15) is 56.5 Å². The van der Waals surface area contributed by atoms with Gasteiger partial charge in [0.25, 0.3) is 0 Å². The molecular weight excluding hydrogens is 250 g/mol. The van der Waals surface area contributed by atoms with Crippen LogP contribution in [0.3, 0.4) is 0 Å². The maximum absolute atomic E-state index is 10.1. The topological polar surface area (TPSA) is 43.0 Å². The van der Waals surface area contributed by atoms with Crippen LogP contribution in [-0.2, 0) is 6.54 Å². The monoisotopic (exact) mass is 273 g/mol. The van der Waals surface area contributed by atoms with Crippen molar-refractivity contribution in [1.29, 1.82) is 0 Å². The first-order valence-electron chi connectivity index (χ1n) is 7.55. The van der Waals surface area contributed by atoms with Crippen molar-refractivity contribution in [3.05, 3.63) is 42.0 Å². The molecule has 1 saturated carbocycles. The van der Waals surface area contributed by atoms with Gasteiger partial charge in [0.2, 0.25) is 0 Å². The molecule has 0 spiro atoms. The second kappa shape index (κ2) is 5.44. The van der Waals surface area contributed by atoms with Gasteiger partial charge in [-0.15, -0.1) is 0 Å². The predicted molar refractivity (Wildman–Crippen MR) is 78.4 cm³/mol. The highest BCUT2D eigenvalue weighted by Gasteiger charge is 2.31. The third kappa shape index (κ3) is 2.80. The summed E-state index contributed by atoms with van der Waals surface area (Å²) in [5, 5.41) is 14.7. The number of aliphatic hydroxyl groups is 1. The first-order valence-corrected chi connectivity index (χ1v) is 7.55. The molecule has 0 aromatic carbocycles. The van der Waals surface area contributed by atoms with Gasteiger partial charge in [0.1, 0.15) is 0 Å². The quantitative estimate of drug-likeness (QED) is 0.878. The molecule has 2 heterocycles. The molecule has 1 N–H and O–H groups in total. The van der Waals surface area contributed by atoms with Crippen LogP contribution >= 0.6 is 0 Å². The molecule has 2 aromatic heterocycles. The minimum absolute atomic E-state index is 0.283. The van der Waals surface area contributed by atoms with Crippen LogP contribution in [-0.4, -0.2) is 19.5 Å². The number of hydrogen-bond donors (Lipinski definition) is 1. The van der Waals surface area contributed by atoms with Gasteiger partial charge in [-0.2, -0.15) is 5.10 Å². The van der Waals surface area contributed by atoms with Crippen LogP contribution < -0.4 is 0 Å². The molecule has 0 bridgehead atoms. The summed E-state index contributed by atoms with van der Waals surface area (Å²) in [5.74, 6) is 0.482. The summed E-state index contributed by atoms with van der Waals surface area (Å²) in [7, 11) is 0. The Morgan fingerprint density at radius 2 is 2.15 bits per heavy atom. The van der Waals surface area contributed by atoms with E-state index in [1.54, 1.807) is 0 Å². The van der Waals surface area contributed by atoms with E-state index < -0.39 is 0 Å². The molecule has 4 heteroatoms. The van der Waals surface area contributed by atoms with Gasteiger partial charge in [-0.25, -0.2) is 0 Å². The van der Waals surface area contributed by atoms with Crippen LogP contribution in [0.5, 0.6) is 0 Å². The molecule has 108 valence electrons. The van der Waals surface area contributed by atoms with Crippen LogP contribution in [0, 0.1) is 5.92 Å². The van der Waals surface area contributed by atoms with Gasteiger partial charge < -0.3 is 9.67 Å². The molecule has 1 fully saturated rings. The molecule has 0 radical (unpaired) electrons. The van der Waals surface area contributed by atoms with E-state index in [1.165, 1.54) is 0 Å². The molecule has 2 unspecified atom stereocenters. The Labute approximate surface area is 120 Å². The number of hydrogen-bond acceptors (Lipinski definition) is 2. The van der Waals surface area contributed by atoms with Crippen molar-refractivity contribution in [2.45, 2.75) is 51.8 Å². The molecule has 1 aliphatic carbocycles. The molecule has 0 amide bonds. The molecular formula is C16H23N3O. The van der Waals surface area contributed by atoms with Crippen molar-refractivity contribution >= 4 is 0 Å². The minimum Gasteiger partial charge on any atom is -0.388 e. The molecule has 0 aliphatic heterocycles. The fraction of sp³-hybridized carbons (Fsp3) is 0.562. The maximum Gasteiger partial charge on any atom is 0.0832 e. The Bertz CT molecular complexity index is 568. The van der Waals surface area contributed by atoms with E-state index in [2.05, 4.69) is 29.6 Å². The van der Waals surface area contributed by atoms with Gasteiger partial charge >= 0.3 is 0 Å². The predicted octanol–water partition coefficient (Wildman–Crippen LogP) is 3.15. The van der Waals surface area contributed by atoms with Gasteiger partial charge in [-0.1, -0.05) is 6.92 Å². The Kier molecular flexibility index (Phi) is 3.66. The van der Waals surface area contributed by atoms with Crippen molar-refractivity contribution in [3.63, 3.8) is 0 Å². The lowest BCUT2D eigenvalue weighted by Crippen LogP contribution is -2.06. The summed E-state index contributed by atoms with van der Waals surface area (Å²) in [6.07, 6.45) is 9.25. The van der Waals surface area contributed by atoms with Crippen molar-refractivity contribution < 1.29 is 5.11 Å². The van der Waals surface area contributed by atoms with E-state index in [-0.39, 0.29) is 6.10 Å². The van der Waals surface area contributed by atoms with Gasteiger partial charge in [0.15, 0.2) is 0 Å². The molecule has 4 nitrogen and oxygen atoms in total. The average Bonchev–Trinajstić information content (AvgIpc) is 3.03. The lowest BCUT2D eigenvalue weighted by Gasteiger charge is -2.08. The van der Waals surface area contributed by atoms with E-state index >= 15 is 0 Å². The smallest absolute Gasteiger partial charge is 0.0832 e. The van der Waals surface area contributed by atoms with E-state index in [1.807, 2.05) is 29.3 Å². The molecule has 2 aromatic rings. The third-order valence-electron chi connectivity index (χ3n) is 4.23. The molecule has 3 rings (SSSR count). The Hall–Kier alpha value is -1.55. The molecule has 1 aliphatic rings. The van der Waals surface area contributed by atoms with Gasteiger partial charge in [0, 0.05) is 24.6 Å². The van der Waals surface area contributed by atoms with Crippen LogP contribution in [0.2, 0.25) is 0 Å². The zero-order chi connectivity index (χ0) is 14.1.